The van der Waals surface area contributed by atoms with E-state index < -0.39 is 24.1 Å². The molecule has 0 aliphatic rings. The van der Waals surface area contributed by atoms with Gasteiger partial charge in [-0.25, -0.2) is 0 Å². The largest absolute Gasteiger partial charge is 0.481 e. The number of hydrogen-bond donors (Lipinski definition) is 4. The van der Waals surface area contributed by atoms with Crippen LogP contribution in [0.2, 0.25) is 0 Å². The van der Waals surface area contributed by atoms with Gasteiger partial charge in [-0.15, -0.1) is 0 Å². The van der Waals surface area contributed by atoms with E-state index in [1.54, 1.807) is 30.3 Å². The molecule has 2 amide bonds. The van der Waals surface area contributed by atoms with E-state index in [1.807, 2.05) is 79.9 Å². The molecule has 9 heteroatoms. The lowest BCUT2D eigenvalue weighted by molar-refractivity contribution is -0.139. The number of benzene rings is 3. The summed E-state index contributed by atoms with van der Waals surface area (Å²) in [5.41, 5.74) is 2.66. The minimum absolute atomic E-state index is 0.0524. The van der Waals surface area contributed by atoms with E-state index in [0.717, 1.165) is 22.0 Å². The van der Waals surface area contributed by atoms with Crippen LogP contribution in [-0.2, 0) is 25.5 Å². The fourth-order valence-electron chi connectivity index (χ4n) is 5.02. The number of esters is 1. The van der Waals surface area contributed by atoms with Crippen molar-refractivity contribution in [2.24, 2.45) is 5.92 Å². The monoisotopic (exact) mass is 597 g/mol. The normalized spacial score (nSPS) is 14.0. The maximum Gasteiger partial charge on any atom is 0.309 e. The van der Waals surface area contributed by atoms with Gasteiger partial charge in [0.05, 0.1) is 19.6 Å². The van der Waals surface area contributed by atoms with Crippen LogP contribution in [0.1, 0.15) is 36.9 Å². The number of ether oxygens (including phenoxy) is 2. The van der Waals surface area contributed by atoms with E-state index in [4.69, 9.17) is 9.47 Å². The topological polar surface area (TPSA) is 130 Å². The zero-order valence-electron chi connectivity index (χ0n) is 24.9. The van der Waals surface area contributed by atoms with Gasteiger partial charge in [0.15, 0.2) is 6.10 Å². The second-order valence-corrected chi connectivity index (χ2v) is 10.5. The first-order valence-electron chi connectivity index (χ1n) is 14.7. The molecular formula is C35H39N3O6. The van der Waals surface area contributed by atoms with E-state index in [2.05, 4.69) is 15.6 Å². The summed E-state index contributed by atoms with van der Waals surface area (Å²) < 4.78 is 10.6. The average Bonchev–Trinajstić information content (AvgIpc) is 3.46. The van der Waals surface area contributed by atoms with Gasteiger partial charge in [-0.05, 0) is 35.2 Å². The molecule has 0 radical (unpaired) electrons. The Labute approximate surface area is 257 Å². The Hall–Kier alpha value is -4.89. The SMILES string of the molecule is COC(=O)C/C=C/[C@H](C)[C@@H](NC(=O)[C@H](Cc1c[nH]c2ccccc12)NC(=O)C(CCO)Oc1ccccc1)c1ccccc1. The Morgan fingerprint density at radius 3 is 2.30 bits per heavy atom. The third kappa shape index (κ3) is 8.81. The summed E-state index contributed by atoms with van der Waals surface area (Å²) >= 11 is 0. The first kappa shape index (κ1) is 32.0. The van der Waals surface area contributed by atoms with Crippen LogP contribution in [0.15, 0.2) is 103 Å². The molecule has 44 heavy (non-hydrogen) atoms. The summed E-state index contributed by atoms with van der Waals surface area (Å²) in [6, 6.07) is 24.8. The maximum absolute atomic E-state index is 14.1. The standard InChI is InChI=1S/C35H39N3O6/c1-24(12-11-19-32(40)43-2)33(25-13-5-3-6-14-25)38-34(41)30(22-26-23-36-29-18-10-9-17-28(26)29)37-35(42)31(20-21-39)44-27-15-7-4-8-16-27/h3-18,23-24,30-31,33,36,39H,19-22H2,1-2H3,(H,37,42)(H,38,41)/b12-11+/t24-,30-,31?,33+/m0/s1. The zero-order chi connectivity index (χ0) is 31.3. The number of methoxy groups -OCH3 is 1. The van der Waals surface area contributed by atoms with Gasteiger partial charge in [-0.3, -0.25) is 14.4 Å². The van der Waals surface area contributed by atoms with E-state index in [0.29, 0.717) is 5.75 Å². The molecule has 0 saturated carbocycles. The van der Waals surface area contributed by atoms with Gasteiger partial charge in [-0.2, -0.15) is 0 Å². The molecule has 4 rings (SSSR count). The predicted octanol–water partition coefficient (Wildman–Crippen LogP) is 4.64. The average molecular weight is 598 g/mol. The van der Waals surface area contributed by atoms with Gasteiger partial charge in [-0.1, -0.05) is 85.8 Å². The van der Waals surface area contributed by atoms with Gasteiger partial charge >= 0.3 is 5.97 Å². The second-order valence-electron chi connectivity index (χ2n) is 10.5. The summed E-state index contributed by atoms with van der Waals surface area (Å²) in [7, 11) is 1.34. The summed E-state index contributed by atoms with van der Waals surface area (Å²) in [6.07, 6.45) is 4.81. The second kappa shape index (κ2) is 16.1. The lowest BCUT2D eigenvalue weighted by Gasteiger charge is -2.28. The Balaban J connectivity index is 1.61. The lowest BCUT2D eigenvalue weighted by Crippen LogP contribution is -2.52. The Morgan fingerprint density at radius 1 is 0.909 bits per heavy atom. The first-order chi connectivity index (χ1) is 21.4. The highest BCUT2D eigenvalue weighted by molar-refractivity contribution is 5.91. The number of aromatic amines is 1. The Kier molecular flexibility index (Phi) is 11.7. The number of aromatic nitrogens is 1. The summed E-state index contributed by atoms with van der Waals surface area (Å²) in [5.74, 6) is -0.960. The number of para-hydroxylation sites is 2. The molecule has 1 heterocycles. The number of hydrogen-bond acceptors (Lipinski definition) is 6. The number of amides is 2. The highest BCUT2D eigenvalue weighted by Gasteiger charge is 2.30. The minimum atomic E-state index is -1.01. The Morgan fingerprint density at radius 2 is 1.59 bits per heavy atom. The van der Waals surface area contributed by atoms with Crippen molar-refractivity contribution in [2.45, 2.75) is 44.4 Å². The van der Waals surface area contributed by atoms with Gasteiger partial charge in [0.2, 0.25) is 5.91 Å². The molecule has 0 aliphatic heterocycles. The highest BCUT2D eigenvalue weighted by Crippen LogP contribution is 2.25. The van der Waals surface area contributed by atoms with Crippen molar-refractivity contribution < 1.29 is 29.0 Å². The van der Waals surface area contributed by atoms with Crippen LogP contribution >= 0.6 is 0 Å². The van der Waals surface area contributed by atoms with Crippen LogP contribution in [0.3, 0.4) is 0 Å². The van der Waals surface area contributed by atoms with Crippen molar-refractivity contribution >= 4 is 28.7 Å². The number of carbonyl (C=O) groups excluding carboxylic acids is 3. The van der Waals surface area contributed by atoms with Crippen molar-refractivity contribution in [3.05, 3.63) is 114 Å². The molecule has 1 unspecified atom stereocenters. The van der Waals surface area contributed by atoms with E-state index >= 15 is 0 Å². The van der Waals surface area contributed by atoms with Crippen LogP contribution in [0, 0.1) is 5.92 Å². The Bertz CT molecular complexity index is 1540. The van der Waals surface area contributed by atoms with Crippen molar-refractivity contribution in [1.29, 1.82) is 0 Å². The molecule has 0 bridgehead atoms. The smallest absolute Gasteiger partial charge is 0.309 e. The molecule has 0 aliphatic carbocycles. The molecule has 9 nitrogen and oxygen atoms in total. The quantitative estimate of drug-likeness (QED) is 0.117. The van der Waals surface area contributed by atoms with Crippen molar-refractivity contribution in [3.63, 3.8) is 0 Å². The van der Waals surface area contributed by atoms with E-state index in [9.17, 15) is 19.5 Å². The van der Waals surface area contributed by atoms with Crippen LogP contribution < -0.4 is 15.4 Å². The molecule has 1 aromatic heterocycles. The van der Waals surface area contributed by atoms with Crippen molar-refractivity contribution in [3.8, 4) is 5.75 Å². The van der Waals surface area contributed by atoms with Crippen LogP contribution in [0.4, 0.5) is 0 Å². The number of nitrogens with one attached hydrogen (secondary N) is 3. The summed E-state index contributed by atoms with van der Waals surface area (Å²) in [5, 5.41) is 16.7. The van der Waals surface area contributed by atoms with Gasteiger partial charge in [0, 0.05) is 36.5 Å². The third-order valence-corrected chi connectivity index (χ3v) is 7.37. The van der Waals surface area contributed by atoms with E-state index in [-0.39, 0.29) is 43.7 Å². The molecule has 230 valence electrons. The fraction of sp³-hybridized carbons (Fsp3) is 0.286. The van der Waals surface area contributed by atoms with Gasteiger partial charge in [0.1, 0.15) is 11.8 Å². The minimum Gasteiger partial charge on any atom is -0.481 e. The zero-order valence-corrected chi connectivity index (χ0v) is 24.9. The fourth-order valence-corrected chi connectivity index (χ4v) is 5.02. The number of rotatable bonds is 15. The summed E-state index contributed by atoms with van der Waals surface area (Å²) in [6.45, 7) is 1.68. The molecule has 0 spiro atoms. The number of carbonyl (C=O) groups is 3. The molecule has 0 fully saturated rings. The third-order valence-electron chi connectivity index (χ3n) is 7.37. The first-order valence-corrected chi connectivity index (χ1v) is 14.7. The van der Waals surface area contributed by atoms with E-state index in [1.165, 1.54) is 7.11 Å². The number of H-pyrrole nitrogens is 1. The predicted molar refractivity (Wildman–Crippen MR) is 169 cm³/mol. The van der Waals surface area contributed by atoms with Crippen LogP contribution in [0.5, 0.6) is 5.75 Å². The van der Waals surface area contributed by atoms with Crippen molar-refractivity contribution in [2.75, 3.05) is 13.7 Å². The molecule has 4 atom stereocenters. The van der Waals surface area contributed by atoms with Crippen LogP contribution in [0.25, 0.3) is 10.9 Å². The molecule has 3 aromatic carbocycles. The maximum atomic E-state index is 14.1. The number of fused-ring (bicyclic) bond motifs is 1. The van der Waals surface area contributed by atoms with Gasteiger partial charge in [0.25, 0.3) is 5.91 Å². The summed E-state index contributed by atoms with van der Waals surface area (Å²) in [4.78, 5) is 42.5. The molecule has 4 N–H and O–H groups in total. The molecule has 0 saturated heterocycles. The molecule has 4 aromatic rings. The van der Waals surface area contributed by atoms with Crippen molar-refractivity contribution in [1.82, 2.24) is 15.6 Å². The van der Waals surface area contributed by atoms with Crippen LogP contribution in [-0.4, -0.2) is 53.7 Å². The highest BCUT2D eigenvalue weighted by atomic mass is 16.5. The number of aliphatic hydroxyl groups excluding tert-OH is 1. The lowest BCUT2D eigenvalue weighted by atomic mass is 9.93. The number of aliphatic hydroxyl groups is 1. The molecular weight excluding hydrogens is 558 g/mol. The van der Waals surface area contributed by atoms with Gasteiger partial charge < -0.3 is 30.2 Å².